The number of carbonyl (C=O) groups excluding carboxylic acids is 2. The maximum absolute atomic E-state index is 12.6. The summed E-state index contributed by atoms with van der Waals surface area (Å²) in [6, 6.07) is 16.3. The van der Waals surface area contributed by atoms with Gasteiger partial charge in [-0.25, -0.2) is 0 Å². The number of benzene rings is 2. The summed E-state index contributed by atoms with van der Waals surface area (Å²) < 4.78 is 0. The monoisotopic (exact) mass is 433 g/mol. The van der Waals surface area contributed by atoms with E-state index in [0.717, 1.165) is 11.3 Å². The van der Waals surface area contributed by atoms with Crippen LogP contribution in [0.4, 0.5) is 11.4 Å². The Morgan fingerprint density at radius 2 is 1.81 bits per heavy atom. The Morgan fingerprint density at radius 1 is 1.03 bits per heavy atom. The van der Waals surface area contributed by atoms with E-state index in [1.165, 1.54) is 18.2 Å². The quantitative estimate of drug-likeness (QED) is 0.369. The van der Waals surface area contributed by atoms with Crippen molar-refractivity contribution in [2.45, 2.75) is 19.5 Å². The zero-order chi connectivity index (χ0) is 23.1. The molecule has 0 aliphatic carbocycles. The van der Waals surface area contributed by atoms with E-state index < -0.39 is 10.8 Å². The fourth-order valence-electron chi connectivity index (χ4n) is 3.14. The second-order valence-electron chi connectivity index (χ2n) is 7.07. The van der Waals surface area contributed by atoms with E-state index in [2.05, 4.69) is 20.9 Å². The molecule has 3 rings (SSSR count). The lowest BCUT2D eigenvalue weighted by molar-refractivity contribution is -0.384. The van der Waals surface area contributed by atoms with Crippen molar-refractivity contribution in [3.8, 4) is 0 Å². The molecule has 2 aromatic carbocycles. The maximum Gasteiger partial charge on any atom is 0.293 e. The molecule has 1 unspecified atom stereocenters. The van der Waals surface area contributed by atoms with Crippen molar-refractivity contribution in [1.29, 1.82) is 0 Å². The van der Waals surface area contributed by atoms with Crippen molar-refractivity contribution >= 4 is 23.2 Å². The lowest BCUT2D eigenvalue weighted by Crippen LogP contribution is -2.23. The average molecular weight is 433 g/mol. The summed E-state index contributed by atoms with van der Waals surface area (Å²) in [5.41, 5.74) is 2.20. The van der Waals surface area contributed by atoms with Crippen LogP contribution in [0, 0.1) is 10.1 Å². The summed E-state index contributed by atoms with van der Waals surface area (Å²) in [5.74, 6) is -0.681. The van der Waals surface area contributed by atoms with Crippen molar-refractivity contribution in [2.75, 3.05) is 12.4 Å². The second-order valence-corrected chi connectivity index (χ2v) is 7.07. The molecule has 0 bridgehead atoms. The Bertz CT molecular complexity index is 1130. The molecule has 0 aliphatic rings. The third-order valence-electron chi connectivity index (χ3n) is 4.83. The first-order chi connectivity index (χ1) is 15.4. The number of nitrogens with one attached hydrogen (secondary N) is 3. The highest BCUT2D eigenvalue weighted by Gasteiger charge is 2.19. The van der Waals surface area contributed by atoms with Crippen LogP contribution in [0.2, 0.25) is 0 Å². The van der Waals surface area contributed by atoms with Gasteiger partial charge in [0.05, 0.1) is 16.7 Å². The minimum absolute atomic E-state index is 0.162. The van der Waals surface area contributed by atoms with E-state index in [4.69, 9.17) is 0 Å². The number of pyridine rings is 1. The summed E-state index contributed by atoms with van der Waals surface area (Å²) in [6.45, 7) is 2.02. The van der Waals surface area contributed by atoms with Crippen molar-refractivity contribution in [3.05, 3.63) is 99.4 Å². The van der Waals surface area contributed by atoms with E-state index >= 15 is 0 Å². The third kappa shape index (κ3) is 5.45. The van der Waals surface area contributed by atoms with Crippen molar-refractivity contribution in [1.82, 2.24) is 15.6 Å². The van der Waals surface area contributed by atoms with Crippen LogP contribution < -0.4 is 16.0 Å². The average Bonchev–Trinajstić information content (AvgIpc) is 2.82. The van der Waals surface area contributed by atoms with E-state index in [1.54, 1.807) is 43.6 Å². The molecule has 0 saturated carbocycles. The van der Waals surface area contributed by atoms with Crippen LogP contribution in [0.3, 0.4) is 0 Å². The topological polar surface area (TPSA) is 126 Å². The zero-order valence-corrected chi connectivity index (χ0v) is 17.7. The lowest BCUT2D eigenvalue weighted by Gasteiger charge is -2.15. The van der Waals surface area contributed by atoms with Gasteiger partial charge >= 0.3 is 0 Å². The van der Waals surface area contributed by atoms with Crippen molar-refractivity contribution in [3.63, 3.8) is 0 Å². The van der Waals surface area contributed by atoms with E-state index in [1.807, 2.05) is 19.1 Å². The largest absolute Gasteiger partial charge is 0.371 e. The molecule has 1 aromatic heterocycles. The second kappa shape index (κ2) is 10.2. The zero-order valence-electron chi connectivity index (χ0n) is 17.7. The number of nitro groups is 1. The van der Waals surface area contributed by atoms with E-state index in [9.17, 15) is 19.7 Å². The first-order valence-electron chi connectivity index (χ1n) is 9.94. The maximum atomic E-state index is 12.6. The minimum Gasteiger partial charge on any atom is -0.371 e. The molecular weight excluding hydrogens is 410 g/mol. The number of rotatable bonds is 8. The number of hydrogen-bond donors (Lipinski definition) is 3. The van der Waals surface area contributed by atoms with Gasteiger partial charge in [-0.2, -0.15) is 0 Å². The number of nitro benzene ring substituents is 1. The molecule has 9 heteroatoms. The number of hydrogen-bond acceptors (Lipinski definition) is 6. The summed E-state index contributed by atoms with van der Waals surface area (Å²) in [7, 11) is 1.54. The summed E-state index contributed by atoms with van der Waals surface area (Å²) in [5, 5.41) is 20.0. The van der Waals surface area contributed by atoms with Crippen LogP contribution in [0.15, 0.2) is 66.9 Å². The molecule has 0 aliphatic heterocycles. The van der Waals surface area contributed by atoms with Crippen molar-refractivity contribution < 1.29 is 14.5 Å². The number of anilines is 1. The highest BCUT2D eigenvalue weighted by molar-refractivity contribution is 5.96. The molecule has 32 heavy (non-hydrogen) atoms. The molecule has 1 heterocycles. The molecule has 1 atom stereocenters. The first kappa shape index (κ1) is 22.4. The number of nitrogens with zero attached hydrogens (tertiary/aromatic N) is 2. The Labute approximate surface area is 185 Å². The molecule has 3 aromatic rings. The van der Waals surface area contributed by atoms with Gasteiger partial charge in [0.15, 0.2) is 0 Å². The van der Waals surface area contributed by atoms with Gasteiger partial charge in [0.1, 0.15) is 5.69 Å². The molecular formula is C23H23N5O4. The molecule has 9 nitrogen and oxygen atoms in total. The summed E-state index contributed by atoms with van der Waals surface area (Å²) >= 11 is 0. The standard InChI is InChI=1S/C23H23N5O4/c1-15(19-8-3-4-11-25-19)27-20-10-9-18(13-21(20)28(31)32)23(30)26-14-16-6-5-7-17(12-16)22(29)24-2/h3-13,15,27H,14H2,1-2H3,(H,24,29)(H,26,30). The van der Waals surface area contributed by atoms with Crippen LogP contribution in [0.5, 0.6) is 0 Å². The Hall–Kier alpha value is -4.27. The van der Waals surface area contributed by atoms with Gasteiger partial charge in [-0.15, -0.1) is 0 Å². The highest BCUT2D eigenvalue weighted by atomic mass is 16.6. The van der Waals surface area contributed by atoms with Crippen LogP contribution in [-0.4, -0.2) is 28.8 Å². The Balaban J connectivity index is 1.73. The first-order valence-corrected chi connectivity index (χ1v) is 9.94. The fraction of sp³-hybridized carbons (Fsp3) is 0.174. The summed E-state index contributed by atoms with van der Waals surface area (Å²) in [6.07, 6.45) is 1.65. The van der Waals surface area contributed by atoms with Crippen molar-refractivity contribution in [2.24, 2.45) is 0 Å². The van der Waals surface area contributed by atoms with Gasteiger partial charge in [-0.1, -0.05) is 18.2 Å². The molecule has 2 amide bonds. The third-order valence-corrected chi connectivity index (χ3v) is 4.83. The van der Waals surface area contributed by atoms with Gasteiger partial charge in [-0.3, -0.25) is 24.7 Å². The Kier molecular flexibility index (Phi) is 7.12. The molecule has 0 spiro atoms. The van der Waals surface area contributed by atoms with Crippen LogP contribution in [-0.2, 0) is 6.54 Å². The number of amides is 2. The highest BCUT2D eigenvalue weighted by Crippen LogP contribution is 2.29. The summed E-state index contributed by atoms with van der Waals surface area (Å²) in [4.78, 5) is 39.7. The minimum atomic E-state index is -0.531. The van der Waals surface area contributed by atoms with Crippen LogP contribution in [0.25, 0.3) is 0 Å². The smallest absolute Gasteiger partial charge is 0.293 e. The molecule has 164 valence electrons. The normalized spacial score (nSPS) is 11.3. The molecule has 0 saturated heterocycles. The van der Waals surface area contributed by atoms with Gasteiger partial charge in [-0.05, 0) is 48.9 Å². The number of carbonyl (C=O) groups is 2. The van der Waals surface area contributed by atoms with Gasteiger partial charge in [0, 0.05) is 37.0 Å². The number of aromatic nitrogens is 1. The van der Waals surface area contributed by atoms with Crippen LogP contribution >= 0.6 is 0 Å². The van der Waals surface area contributed by atoms with E-state index in [0.29, 0.717) is 11.3 Å². The van der Waals surface area contributed by atoms with Gasteiger partial charge in [0.25, 0.3) is 17.5 Å². The lowest BCUT2D eigenvalue weighted by atomic mass is 10.1. The van der Waals surface area contributed by atoms with Crippen LogP contribution in [0.1, 0.15) is 44.9 Å². The SMILES string of the molecule is CNC(=O)c1cccc(CNC(=O)c2ccc(NC(C)c3ccccn3)c([N+](=O)[O-])c2)c1. The molecule has 0 radical (unpaired) electrons. The fourth-order valence-corrected chi connectivity index (χ4v) is 3.14. The predicted octanol–water partition coefficient (Wildman–Crippen LogP) is 3.45. The molecule has 0 fully saturated rings. The van der Waals surface area contributed by atoms with Gasteiger partial charge < -0.3 is 16.0 Å². The molecule has 3 N–H and O–H groups in total. The van der Waals surface area contributed by atoms with Gasteiger partial charge in [0.2, 0.25) is 0 Å². The Morgan fingerprint density at radius 3 is 2.50 bits per heavy atom. The van der Waals surface area contributed by atoms with E-state index in [-0.39, 0.29) is 29.7 Å². The predicted molar refractivity (Wildman–Crippen MR) is 120 cm³/mol.